The first kappa shape index (κ1) is 17.9. The summed E-state index contributed by atoms with van der Waals surface area (Å²) in [6.07, 6.45) is 1.56. The molecule has 8 heteroatoms. The van der Waals surface area contributed by atoms with Crippen molar-refractivity contribution < 1.29 is 4.79 Å². The van der Waals surface area contributed by atoms with Crippen molar-refractivity contribution in [3.63, 3.8) is 0 Å². The smallest absolute Gasteiger partial charge is 0.272 e. The predicted octanol–water partition coefficient (Wildman–Crippen LogP) is 3.30. The van der Waals surface area contributed by atoms with Crippen LogP contribution in [0.5, 0.6) is 0 Å². The third-order valence-electron chi connectivity index (χ3n) is 4.16. The molecule has 1 aliphatic rings. The number of aromatic nitrogens is 2. The van der Waals surface area contributed by atoms with Crippen molar-refractivity contribution in [2.45, 2.75) is 6.92 Å². The van der Waals surface area contributed by atoms with Gasteiger partial charge in [0, 0.05) is 37.4 Å². The number of rotatable bonds is 4. The van der Waals surface area contributed by atoms with Gasteiger partial charge in [0.05, 0.1) is 10.7 Å². The van der Waals surface area contributed by atoms with E-state index in [1.54, 1.807) is 30.5 Å². The van der Waals surface area contributed by atoms with Crippen molar-refractivity contribution in [2.24, 2.45) is 0 Å². The van der Waals surface area contributed by atoms with Crippen LogP contribution in [0.15, 0.2) is 30.5 Å². The van der Waals surface area contributed by atoms with Crippen molar-refractivity contribution in [2.75, 3.05) is 38.0 Å². The van der Waals surface area contributed by atoms with Crippen molar-refractivity contribution in [1.29, 1.82) is 0 Å². The van der Waals surface area contributed by atoms with Crippen LogP contribution in [0.3, 0.4) is 0 Å². The number of amides is 1. The molecule has 1 fully saturated rings. The molecule has 6 nitrogen and oxygen atoms in total. The maximum atomic E-state index is 12.7. The molecule has 0 unspecified atom stereocenters. The molecule has 0 spiro atoms. The lowest BCUT2D eigenvalue weighted by molar-refractivity contribution is 0.0637. The molecule has 0 saturated carbocycles. The third-order valence-corrected chi connectivity index (χ3v) is 4.72. The molecule has 1 amide bonds. The lowest BCUT2D eigenvalue weighted by Crippen LogP contribution is -2.48. The Bertz CT molecular complexity index is 762. The predicted molar refractivity (Wildman–Crippen MR) is 99.8 cm³/mol. The highest BCUT2D eigenvalue weighted by molar-refractivity contribution is 6.35. The Morgan fingerprint density at radius 2 is 1.96 bits per heavy atom. The molecule has 2 aromatic rings. The molecule has 1 saturated heterocycles. The number of anilines is 2. The van der Waals surface area contributed by atoms with Crippen LogP contribution in [-0.4, -0.2) is 58.4 Å². The summed E-state index contributed by atoms with van der Waals surface area (Å²) in [5.41, 5.74) is 0.955. The number of hydrogen-bond donors (Lipinski definition) is 1. The number of piperazine rings is 1. The van der Waals surface area contributed by atoms with E-state index < -0.39 is 0 Å². The van der Waals surface area contributed by atoms with Crippen LogP contribution >= 0.6 is 23.2 Å². The Morgan fingerprint density at radius 1 is 1.20 bits per heavy atom. The van der Waals surface area contributed by atoms with Gasteiger partial charge in [0.25, 0.3) is 5.91 Å². The van der Waals surface area contributed by atoms with Gasteiger partial charge in [0.15, 0.2) is 0 Å². The average Bonchev–Trinajstić information content (AvgIpc) is 2.64. The van der Waals surface area contributed by atoms with Crippen LogP contribution in [0.1, 0.15) is 17.4 Å². The summed E-state index contributed by atoms with van der Waals surface area (Å²) in [5.74, 6) is 0.223. The Balaban J connectivity index is 1.73. The Labute approximate surface area is 156 Å². The van der Waals surface area contributed by atoms with Gasteiger partial charge >= 0.3 is 0 Å². The van der Waals surface area contributed by atoms with E-state index in [4.69, 9.17) is 23.2 Å². The van der Waals surface area contributed by atoms with Crippen LogP contribution in [0, 0.1) is 0 Å². The molecular formula is C17H19Cl2N5O. The minimum Gasteiger partial charge on any atom is -0.335 e. The molecule has 25 heavy (non-hydrogen) atoms. The molecule has 2 heterocycles. The summed E-state index contributed by atoms with van der Waals surface area (Å²) in [6, 6.07) is 6.70. The molecule has 1 aromatic carbocycles. The molecule has 1 N–H and O–H groups in total. The number of nitrogens with zero attached hydrogens (tertiary/aromatic N) is 4. The number of benzene rings is 1. The number of nitrogens with one attached hydrogen (secondary N) is 1. The zero-order chi connectivity index (χ0) is 17.8. The maximum absolute atomic E-state index is 12.7. The first-order chi connectivity index (χ1) is 12.1. The first-order valence-corrected chi connectivity index (χ1v) is 8.89. The quantitative estimate of drug-likeness (QED) is 0.882. The normalized spacial score (nSPS) is 15.2. The molecule has 1 aromatic heterocycles. The topological polar surface area (TPSA) is 61.4 Å². The SMILES string of the molecule is CCN1CCN(C(=O)c2ccnc(Nc3cc(Cl)ccc3Cl)n2)CC1. The summed E-state index contributed by atoms with van der Waals surface area (Å²) in [5, 5.41) is 4.06. The van der Waals surface area contributed by atoms with Crippen LogP contribution in [0.4, 0.5) is 11.6 Å². The van der Waals surface area contributed by atoms with Crippen molar-refractivity contribution in [3.05, 3.63) is 46.2 Å². The van der Waals surface area contributed by atoms with Gasteiger partial charge < -0.3 is 15.1 Å². The van der Waals surface area contributed by atoms with Crippen molar-refractivity contribution in [3.8, 4) is 0 Å². The number of likely N-dealkylation sites (N-methyl/N-ethyl adjacent to an activating group) is 1. The molecule has 0 bridgehead atoms. The second-order valence-corrected chi connectivity index (χ2v) is 6.58. The van der Waals surface area contributed by atoms with E-state index in [0.29, 0.717) is 40.5 Å². The minimum absolute atomic E-state index is 0.0848. The van der Waals surface area contributed by atoms with Gasteiger partial charge in [0.2, 0.25) is 5.95 Å². The van der Waals surface area contributed by atoms with E-state index >= 15 is 0 Å². The van der Waals surface area contributed by atoms with Gasteiger partial charge in [0.1, 0.15) is 5.69 Å². The highest BCUT2D eigenvalue weighted by Crippen LogP contribution is 2.27. The minimum atomic E-state index is -0.0848. The summed E-state index contributed by atoms with van der Waals surface area (Å²) in [6.45, 7) is 6.32. The fraction of sp³-hybridized carbons (Fsp3) is 0.353. The van der Waals surface area contributed by atoms with E-state index in [2.05, 4.69) is 27.1 Å². The summed E-state index contributed by atoms with van der Waals surface area (Å²) in [4.78, 5) is 25.3. The second kappa shape index (κ2) is 7.99. The zero-order valence-electron chi connectivity index (χ0n) is 13.9. The summed E-state index contributed by atoms with van der Waals surface area (Å²) >= 11 is 12.1. The molecule has 0 aliphatic carbocycles. The monoisotopic (exact) mass is 379 g/mol. The van der Waals surface area contributed by atoms with Crippen LogP contribution in [0.25, 0.3) is 0 Å². The second-order valence-electron chi connectivity index (χ2n) is 5.74. The lowest BCUT2D eigenvalue weighted by atomic mass is 10.2. The van der Waals surface area contributed by atoms with E-state index in [1.165, 1.54) is 0 Å². The molecule has 132 valence electrons. The zero-order valence-corrected chi connectivity index (χ0v) is 15.4. The lowest BCUT2D eigenvalue weighted by Gasteiger charge is -2.33. The van der Waals surface area contributed by atoms with Gasteiger partial charge in [-0.1, -0.05) is 30.1 Å². The largest absolute Gasteiger partial charge is 0.335 e. The highest BCUT2D eigenvalue weighted by Gasteiger charge is 2.22. The van der Waals surface area contributed by atoms with E-state index in [0.717, 1.165) is 19.6 Å². The van der Waals surface area contributed by atoms with E-state index in [1.807, 2.05) is 4.90 Å². The molecule has 1 aliphatic heterocycles. The maximum Gasteiger partial charge on any atom is 0.272 e. The van der Waals surface area contributed by atoms with Crippen LogP contribution < -0.4 is 5.32 Å². The van der Waals surface area contributed by atoms with Crippen molar-refractivity contribution >= 4 is 40.7 Å². The van der Waals surface area contributed by atoms with Gasteiger partial charge in [-0.3, -0.25) is 4.79 Å². The summed E-state index contributed by atoms with van der Waals surface area (Å²) in [7, 11) is 0. The molecular weight excluding hydrogens is 361 g/mol. The number of carbonyl (C=O) groups is 1. The molecule has 3 rings (SSSR count). The third kappa shape index (κ3) is 4.39. The number of halogens is 2. The van der Waals surface area contributed by atoms with E-state index in [-0.39, 0.29) is 5.91 Å². The Morgan fingerprint density at radius 3 is 2.68 bits per heavy atom. The fourth-order valence-electron chi connectivity index (χ4n) is 2.68. The Hall–Kier alpha value is -1.89. The molecule has 0 radical (unpaired) electrons. The first-order valence-electron chi connectivity index (χ1n) is 8.13. The Kier molecular flexibility index (Phi) is 5.73. The van der Waals surface area contributed by atoms with Crippen LogP contribution in [-0.2, 0) is 0 Å². The molecule has 0 atom stereocenters. The van der Waals surface area contributed by atoms with Crippen molar-refractivity contribution in [1.82, 2.24) is 19.8 Å². The van der Waals surface area contributed by atoms with Crippen LogP contribution in [0.2, 0.25) is 10.0 Å². The van der Waals surface area contributed by atoms with Gasteiger partial charge in [-0.2, -0.15) is 0 Å². The number of hydrogen-bond acceptors (Lipinski definition) is 5. The van der Waals surface area contributed by atoms with Gasteiger partial charge in [-0.05, 0) is 30.8 Å². The van der Waals surface area contributed by atoms with E-state index in [9.17, 15) is 4.79 Å². The number of carbonyl (C=O) groups excluding carboxylic acids is 1. The highest BCUT2D eigenvalue weighted by atomic mass is 35.5. The van der Waals surface area contributed by atoms with Gasteiger partial charge in [-0.25, -0.2) is 9.97 Å². The summed E-state index contributed by atoms with van der Waals surface area (Å²) < 4.78 is 0. The average molecular weight is 380 g/mol. The fourth-order valence-corrected chi connectivity index (χ4v) is 3.02. The van der Waals surface area contributed by atoms with Gasteiger partial charge in [-0.15, -0.1) is 0 Å². The standard InChI is InChI=1S/C17H19Cl2N5O/c1-2-23-7-9-24(10-8-23)16(25)14-5-6-20-17(21-14)22-15-11-12(18)3-4-13(15)19/h3-6,11H,2,7-10H2,1H3,(H,20,21,22).